The van der Waals surface area contributed by atoms with E-state index < -0.39 is 0 Å². The Morgan fingerprint density at radius 3 is 2.29 bits per heavy atom. The van der Waals surface area contributed by atoms with Gasteiger partial charge in [0, 0.05) is 13.1 Å². The van der Waals surface area contributed by atoms with Crippen LogP contribution in [0.3, 0.4) is 0 Å². The van der Waals surface area contributed by atoms with Crippen molar-refractivity contribution in [2.45, 2.75) is 91.3 Å². The minimum Gasteiger partial charge on any atom is -0.359 e. The van der Waals surface area contributed by atoms with Crippen molar-refractivity contribution in [2.24, 2.45) is 0 Å². The fourth-order valence-corrected chi connectivity index (χ4v) is 2.81. The number of amides is 1. The minimum absolute atomic E-state index is 0.169. The van der Waals surface area contributed by atoms with Crippen molar-refractivity contribution in [1.29, 1.82) is 0 Å². The highest BCUT2D eigenvalue weighted by Crippen LogP contribution is 2.06. The van der Waals surface area contributed by atoms with Crippen LogP contribution >= 0.6 is 0 Å². The molecule has 0 bridgehead atoms. The van der Waals surface area contributed by atoms with Crippen molar-refractivity contribution < 1.29 is 4.79 Å². The maximum atomic E-state index is 12.0. The number of rotatable bonds is 17. The lowest BCUT2D eigenvalue weighted by molar-refractivity contribution is -0.126. The summed E-state index contributed by atoms with van der Waals surface area (Å²) in [6.07, 6.45) is 17.6. The average molecular weight is 336 g/mol. The second-order valence-corrected chi connectivity index (χ2v) is 6.76. The molecule has 4 heteroatoms. The van der Waals surface area contributed by atoms with Crippen LogP contribution in [0.5, 0.6) is 0 Å². The quantitative estimate of drug-likeness (QED) is 0.237. The molecule has 0 aromatic carbocycles. The summed E-state index contributed by atoms with van der Waals surface area (Å²) in [5.41, 5.74) is 0. The van der Waals surface area contributed by atoms with Gasteiger partial charge in [-0.1, -0.05) is 71.2 Å². The summed E-state index contributed by atoms with van der Waals surface area (Å²) >= 11 is 0. The van der Waals surface area contributed by atoms with Crippen molar-refractivity contribution in [3.63, 3.8) is 0 Å². The van der Waals surface area contributed by atoms with E-state index >= 15 is 0 Å². The summed E-state index contributed by atoms with van der Waals surface area (Å²) in [4.78, 5) is 14.0. The molecule has 1 N–H and O–H groups in total. The van der Waals surface area contributed by atoms with Gasteiger partial charge >= 0.3 is 0 Å². The zero-order chi connectivity index (χ0) is 17.9. The van der Waals surface area contributed by atoms with E-state index in [9.17, 15) is 4.79 Å². The van der Waals surface area contributed by atoms with E-state index in [1.807, 2.05) is 17.9 Å². The molecule has 0 aliphatic carbocycles. The average Bonchev–Trinajstić information content (AvgIpc) is 2.58. The van der Waals surface area contributed by atoms with Gasteiger partial charge in [0.2, 0.25) is 13.3 Å². The molecule has 0 aliphatic heterocycles. The van der Waals surface area contributed by atoms with E-state index in [0.717, 1.165) is 52.7 Å². The molecular formula is C20H41BN2O. The molecule has 0 saturated carbocycles. The Balaban J connectivity index is 3.52. The van der Waals surface area contributed by atoms with E-state index in [1.54, 1.807) is 6.08 Å². The first-order valence-electron chi connectivity index (χ1n) is 10.4. The first-order chi connectivity index (χ1) is 11.8. The summed E-state index contributed by atoms with van der Waals surface area (Å²) in [6, 6.07) is 0. The van der Waals surface area contributed by atoms with E-state index in [-0.39, 0.29) is 5.91 Å². The molecule has 0 fully saturated rings. The SMILES string of the molecule is C/C=C/C(=O)N(CCCC)CCCCNBCCCCCCCC. The van der Waals surface area contributed by atoms with Gasteiger partial charge in [0.25, 0.3) is 0 Å². The first kappa shape index (κ1) is 23.2. The van der Waals surface area contributed by atoms with Gasteiger partial charge in [-0.05, 0) is 38.8 Å². The standard InChI is InChI=1S/C20H41BN2O/c1-4-7-9-10-11-12-16-21-22-17-13-14-19-23(18-8-5-2)20(24)15-6-3/h6,15,21-22H,4-5,7-14,16-19H2,1-3H3/b15-6+. The van der Waals surface area contributed by atoms with Crippen LogP contribution in [0.4, 0.5) is 0 Å². The Morgan fingerprint density at radius 1 is 0.917 bits per heavy atom. The third kappa shape index (κ3) is 14.8. The zero-order valence-corrected chi connectivity index (χ0v) is 16.6. The molecule has 0 heterocycles. The molecule has 0 spiro atoms. The van der Waals surface area contributed by atoms with E-state index in [0.29, 0.717) is 0 Å². The molecule has 0 aliphatic rings. The van der Waals surface area contributed by atoms with Crippen molar-refractivity contribution in [3.05, 3.63) is 12.2 Å². The maximum absolute atomic E-state index is 12.0. The number of nitrogens with one attached hydrogen (secondary N) is 1. The zero-order valence-electron chi connectivity index (χ0n) is 16.6. The second-order valence-electron chi connectivity index (χ2n) is 6.76. The highest BCUT2D eigenvalue weighted by Gasteiger charge is 2.08. The maximum Gasteiger partial charge on any atom is 0.246 e. The number of carbonyl (C=O) groups excluding carboxylic acids is 1. The fraction of sp³-hybridized carbons (Fsp3) is 0.850. The van der Waals surface area contributed by atoms with Crippen LogP contribution in [-0.4, -0.2) is 37.9 Å². The molecule has 0 aromatic heterocycles. The Morgan fingerprint density at radius 2 is 1.58 bits per heavy atom. The van der Waals surface area contributed by atoms with Crippen molar-refractivity contribution in [2.75, 3.05) is 19.6 Å². The Bertz CT molecular complexity index is 308. The molecule has 0 saturated heterocycles. The van der Waals surface area contributed by atoms with E-state index in [4.69, 9.17) is 0 Å². The summed E-state index contributed by atoms with van der Waals surface area (Å²) in [6.45, 7) is 9.21. The van der Waals surface area contributed by atoms with Crippen LogP contribution in [-0.2, 0) is 4.79 Å². The summed E-state index contributed by atoms with van der Waals surface area (Å²) in [5.74, 6) is 0.169. The Labute approximate surface area is 151 Å². The molecule has 24 heavy (non-hydrogen) atoms. The molecule has 0 aromatic rings. The molecule has 0 rings (SSSR count). The van der Waals surface area contributed by atoms with Crippen molar-refractivity contribution >= 4 is 13.3 Å². The van der Waals surface area contributed by atoms with Gasteiger partial charge in [0.05, 0.1) is 0 Å². The van der Waals surface area contributed by atoms with Gasteiger partial charge in [0.15, 0.2) is 0 Å². The molecule has 3 nitrogen and oxygen atoms in total. The van der Waals surface area contributed by atoms with Crippen LogP contribution in [0.1, 0.15) is 85.0 Å². The lowest BCUT2D eigenvalue weighted by Gasteiger charge is -2.21. The third-order valence-electron chi connectivity index (χ3n) is 4.39. The topological polar surface area (TPSA) is 32.3 Å². The van der Waals surface area contributed by atoms with Crippen molar-refractivity contribution in [3.8, 4) is 0 Å². The number of allylic oxidation sites excluding steroid dienone is 1. The van der Waals surface area contributed by atoms with E-state index in [1.165, 1.54) is 44.8 Å². The highest BCUT2D eigenvalue weighted by molar-refractivity contribution is 6.32. The first-order valence-corrected chi connectivity index (χ1v) is 10.4. The molecular weight excluding hydrogens is 295 g/mol. The molecule has 0 radical (unpaired) electrons. The summed E-state index contributed by atoms with van der Waals surface area (Å²) in [7, 11) is 1.14. The smallest absolute Gasteiger partial charge is 0.246 e. The number of nitrogens with zero attached hydrogens (tertiary/aromatic N) is 1. The fourth-order valence-electron chi connectivity index (χ4n) is 2.81. The van der Waals surface area contributed by atoms with Gasteiger partial charge in [-0.2, -0.15) is 0 Å². The van der Waals surface area contributed by atoms with Gasteiger partial charge < -0.3 is 10.1 Å². The lowest BCUT2D eigenvalue weighted by Crippen LogP contribution is -2.32. The summed E-state index contributed by atoms with van der Waals surface area (Å²) in [5, 5.41) is 3.54. The number of hydrogen-bond donors (Lipinski definition) is 1. The monoisotopic (exact) mass is 336 g/mol. The number of carbonyl (C=O) groups is 1. The van der Waals surface area contributed by atoms with Gasteiger partial charge in [-0.15, -0.1) is 0 Å². The largest absolute Gasteiger partial charge is 0.359 e. The van der Waals surface area contributed by atoms with Gasteiger partial charge in [0.1, 0.15) is 0 Å². The molecule has 140 valence electrons. The van der Waals surface area contributed by atoms with Crippen molar-refractivity contribution in [1.82, 2.24) is 10.1 Å². The van der Waals surface area contributed by atoms with Gasteiger partial charge in [-0.3, -0.25) is 4.79 Å². The van der Waals surface area contributed by atoms with Crippen LogP contribution in [0.2, 0.25) is 6.32 Å². The second kappa shape index (κ2) is 18.6. The highest BCUT2D eigenvalue weighted by atomic mass is 16.2. The molecule has 0 unspecified atom stereocenters. The number of unbranched alkanes of at least 4 members (excludes halogenated alkanes) is 7. The predicted molar refractivity (Wildman–Crippen MR) is 109 cm³/mol. The third-order valence-corrected chi connectivity index (χ3v) is 4.39. The summed E-state index contributed by atoms with van der Waals surface area (Å²) < 4.78 is 0. The van der Waals surface area contributed by atoms with Crippen LogP contribution in [0.15, 0.2) is 12.2 Å². The minimum atomic E-state index is 0.169. The Kier molecular flexibility index (Phi) is 18.0. The Hall–Kier alpha value is -0.765. The van der Waals surface area contributed by atoms with Crippen LogP contribution in [0.25, 0.3) is 0 Å². The lowest BCUT2D eigenvalue weighted by atomic mass is 9.85. The van der Waals surface area contributed by atoms with Gasteiger partial charge in [-0.25, -0.2) is 0 Å². The molecule has 0 atom stereocenters. The number of hydrogen-bond acceptors (Lipinski definition) is 2. The molecule has 1 amide bonds. The van der Waals surface area contributed by atoms with Crippen LogP contribution < -0.4 is 5.23 Å². The van der Waals surface area contributed by atoms with E-state index in [2.05, 4.69) is 19.1 Å². The van der Waals surface area contributed by atoms with Crippen LogP contribution in [0, 0.1) is 0 Å². The normalized spacial score (nSPS) is 11.1. The predicted octanol–water partition coefficient (Wildman–Crippen LogP) is 4.69.